The highest BCUT2D eigenvalue weighted by molar-refractivity contribution is 6.12. The lowest BCUT2D eigenvalue weighted by molar-refractivity contribution is 1.17. The summed E-state index contributed by atoms with van der Waals surface area (Å²) in [5.74, 6) is 0.622. The van der Waals surface area contributed by atoms with Crippen LogP contribution in [0.3, 0.4) is 0 Å². The quantitative estimate of drug-likeness (QED) is 0.165. The van der Waals surface area contributed by atoms with Gasteiger partial charge in [0.2, 0.25) is 0 Å². The third-order valence-corrected chi connectivity index (χ3v) is 9.62. The van der Waals surface area contributed by atoms with Gasteiger partial charge in [-0.15, -0.1) is 0 Å². The van der Waals surface area contributed by atoms with Crippen LogP contribution >= 0.6 is 0 Å². The summed E-state index contributed by atoms with van der Waals surface area (Å²) in [6.45, 7) is 15.5. The van der Waals surface area contributed by atoms with E-state index in [0.29, 0.717) is 17.2 Å². The third-order valence-electron chi connectivity index (χ3n) is 9.62. The smallest absolute Gasteiger partial charge is 0.188 e. The number of fused-ring (bicyclic) bond motifs is 3. The van der Waals surface area contributed by atoms with Crippen LogP contribution < -0.4 is 0 Å². The summed E-state index contributed by atoms with van der Waals surface area (Å²) in [6.07, 6.45) is 0. The maximum Gasteiger partial charge on any atom is 0.188 e. The van der Waals surface area contributed by atoms with Gasteiger partial charge < -0.3 is 4.57 Å². The van der Waals surface area contributed by atoms with Gasteiger partial charge in [0, 0.05) is 27.8 Å². The molecule has 0 atom stereocenters. The molecule has 5 heteroatoms. The summed E-state index contributed by atoms with van der Waals surface area (Å²) in [6, 6.07) is 59.4. The van der Waals surface area contributed by atoms with Crippen LogP contribution in [0.25, 0.3) is 93.3 Å². The highest BCUT2D eigenvalue weighted by Gasteiger charge is 2.23. The van der Waals surface area contributed by atoms with Crippen molar-refractivity contribution in [1.29, 1.82) is 0 Å². The van der Waals surface area contributed by atoms with Gasteiger partial charge >= 0.3 is 0 Å². The molecule has 0 aliphatic heterocycles. The SMILES string of the molecule is [C-]#[N+]c1ccc2c(c1)c1cc([N+]#[C-])ccc1n2-c1c(-c2ccccc2)cc(-c2nc(-c3ccccc3)cc(-c3ccccc3)n2)cc1-c1ccccc1. The van der Waals surface area contributed by atoms with Crippen LogP contribution in [0, 0.1) is 13.1 Å². The largest absolute Gasteiger partial charge is 0.308 e. The average molecular weight is 676 g/mol. The third kappa shape index (κ3) is 5.69. The zero-order valence-electron chi connectivity index (χ0n) is 28.5. The molecule has 0 radical (unpaired) electrons. The molecular formula is C48H29N5. The van der Waals surface area contributed by atoms with E-state index >= 15 is 0 Å². The topological polar surface area (TPSA) is 39.4 Å². The van der Waals surface area contributed by atoms with Crippen molar-refractivity contribution in [2.75, 3.05) is 0 Å². The predicted molar refractivity (Wildman–Crippen MR) is 216 cm³/mol. The van der Waals surface area contributed by atoms with Crippen molar-refractivity contribution in [2.45, 2.75) is 0 Å². The summed E-state index contributed by atoms with van der Waals surface area (Å²) in [5, 5.41) is 1.85. The lowest BCUT2D eigenvalue weighted by Crippen LogP contribution is -2.03. The zero-order chi connectivity index (χ0) is 35.7. The number of nitrogens with zero attached hydrogens (tertiary/aromatic N) is 5. The second-order valence-corrected chi connectivity index (χ2v) is 12.8. The standard InChI is InChI=1S/C48H29N5/c1-49-37-23-25-45-41(29-37)42-30-38(50-2)24-26-46(42)53(45)47-39(32-15-7-3-8-16-32)27-36(28-40(47)33-17-9-4-10-18-33)48-51-43(34-19-11-5-12-20-34)31-44(52-48)35-21-13-6-14-22-35/h3-31H. The van der Waals surface area contributed by atoms with Crippen molar-refractivity contribution in [3.8, 4) is 61.8 Å². The van der Waals surface area contributed by atoms with Gasteiger partial charge in [0.15, 0.2) is 17.2 Å². The first kappa shape index (κ1) is 31.4. The van der Waals surface area contributed by atoms with Crippen LogP contribution in [0.2, 0.25) is 0 Å². The molecule has 5 nitrogen and oxygen atoms in total. The lowest BCUT2D eigenvalue weighted by Gasteiger charge is -2.21. The lowest BCUT2D eigenvalue weighted by atomic mass is 9.92. The molecule has 246 valence electrons. The van der Waals surface area contributed by atoms with E-state index in [2.05, 4.69) is 105 Å². The van der Waals surface area contributed by atoms with E-state index in [-0.39, 0.29) is 0 Å². The van der Waals surface area contributed by atoms with Crippen molar-refractivity contribution in [1.82, 2.24) is 14.5 Å². The molecule has 0 aliphatic carbocycles. The van der Waals surface area contributed by atoms with Crippen LogP contribution in [-0.2, 0) is 0 Å². The molecule has 0 aliphatic rings. The highest BCUT2D eigenvalue weighted by Crippen LogP contribution is 2.45. The number of aromatic nitrogens is 3. The Kier molecular flexibility index (Phi) is 7.86. The van der Waals surface area contributed by atoms with E-state index in [0.717, 1.165) is 77.8 Å². The number of rotatable bonds is 6. The monoisotopic (exact) mass is 675 g/mol. The Morgan fingerprint density at radius 1 is 0.396 bits per heavy atom. The van der Waals surface area contributed by atoms with Crippen LogP contribution in [0.4, 0.5) is 11.4 Å². The first-order chi connectivity index (χ1) is 26.2. The fourth-order valence-electron chi connectivity index (χ4n) is 7.15. The van der Waals surface area contributed by atoms with Crippen molar-refractivity contribution in [3.05, 3.63) is 199 Å². The summed E-state index contributed by atoms with van der Waals surface area (Å²) >= 11 is 0. The van der Waals surface area contributed by atoms with Crippen molar-refractivity contribution in [2.24, 2.45) is 0 Å². The van der Waals surface area contributed by atoms with Gasteiger partial charge in [-0.2, -0.15) is 0 Å². The molecule has 0 spiro atoms. The number of hydrogen-bond donors (Lipinski definition) is 0. The second kappa shape index (κ2) is 13.3. The van der Waals surface area contributed by atoms with Gasteiger partial charge in [-0.05, 0) is 64.4 Å². The molecule has 2 aromatic heterocycles. The molecule has 0 amide bonds. The Hall–Kier alpha value is -7.60. The molecule has 9 rings (SSSR count). The van der Waals surface area contributed by atoms with E-state index < -0.39 is 0 Å². The molecule has 0 saturated heterocycles. The molecule has 2 heterocycles. The fraction of sp³-hybridized carbons (Fsp3) is 0. The molecule has 0 saturated carbocycles. The minimum atomic E-state index is 0.552. The molecule has 0 N–H and O–H groups in total. The van der Waals surface area contributed by atoms with E-state index in [1.165, 1.54) is 0 Å². The van der Waals surface area contributed by atoms with E-state index in [1.54, 1.807) is 0 Å². The molecule has 53 heavy (non-hydrogen) atoms. The molecule has 7 aromatic carbocycles. The Labute approximate surface area is 307 Å². The summed E-state index contributed by atoms with van der Waals surface area (Å²) < 4.78 is 2.29. The summed E-state index contributed by atoms with van der Waals surface area (Å²) in [5.41, 5.74) is 12.7. The Morgan fingerprint density at radius 2 is 0.792 bits per heavy atom. The van der Waals surface area contributed by atoms with Gasteiger partial charge in [-0.25, -0.2) is 19.7 Å². The molecule has 0 bridgehead atoms. The van der Waals surface area contributed by atoms with Crippen molar-refractivity contribution < 1.29 is 0 Å². The van der Waals surface area contributed by atoms with E-state index in [4.69, 9.17) is 23.1 Å². The first-order valence-corrected chi connectivity index (χ1v) is 17.3. The van der Waals surface area contributed by atoms with Gasteiger partial charge in [-0.3, -0.25) is 0 Å². The molecular weight excluding hydrogens is 647 g/mol. The van der Waals surface area contributed by atoms with Crippen molar-refractivity contribution >= 4 is 33.2 Å². The first-order valence-electron chi connectivity index (χ1n) is 17.3. The maximum absolute atomic E-state index is 7.77. The van der Waals surface area contributed by atoms with Crippen LogP contribution in [-0.4, -0.2) is 14.5 Å². The van der Waals surface area contributed by atoms with Gasteiger partial charge in [0.25, 0.3) is 0 Å². The highest BCUT2D eigenvalue weighted by atomic mass is 15.0. The Bertz CT molecular complexity index is 2690. The van der Waals surface area contributed by atoms with Gasteiger partial charge in [-0.1, -0.05) is 133 Å². The Balaban J connectivity index is 1.41. The molecule has 9 aromatic rings. The summed E-state index contributed by atoms with van der Waals surface area (Å²) in [4.78, 5) is 18.0. The maximum atomic E-state index is 7.77. The summed E-state index contributed by atoms with van der Waals surface area (Å²) in [7, 11) is 0. The fourth-order valence-corrected chi connectivity index (χ4v) is 7.15. The van der Waals surface area contributed by atoms with Crippen LogP contribution in [0.15, 0.2) is 176 Å². The molecule has 0 unspecified atom stereocenters. The Morgan fingerprint density at radius 3 is 1.19 bits per heavy atom. The minimum absolute atomic E-state index is 0.552. The zero-order valence-corrected chi connectivity index (χ0v) is 28.5. The van der Waals surface area contributed by atoms with Gasteiger partial charge in [0.05, 0.1) is 41.3 Å². The van der Waals surface area contributed by atoms with E-state index in [1.807, 2.05) is 84.9 Å². The molecule has 0 fully saturated rings. The number of hydrogen-bond acceptors (Lipinski definition) is 2. The van der Waals surface area contributed by atoms with Crippen LogP contribution in [0.5, 0.6) is 0 Å². The normalized spacial score (nSPS) is 11.0. The van der Waals surface area contributed by atoms with Gasteiger partial charge in [0.1, 0.15) is 0 Å². The van der Waals surface area contributed by atoms with E-state index in [9.17, 15) is 0 Å². The van der Waals surface area contributed by atoms with Crippen LogP contribution in [0.1, 0.15) is 0 Å². The van der Waals surface area contributed by atoms with Crippen molar-refractivity contribution in [3.63, 3.8) is 0 Å². The minimum Gasteiger partial charge on any atom is -0.308 e. The predicted octanol–water partition coefficient (Wildman–Crippen LogP) is 13.0. The number of benzene rings is 7. The second-order valence-electron chi connectivity index (χ2n) is 12.8. The average Bonchev–Trinajstić information content (AvgIpc) is 3.56.